The SMILES string of the molecule is COC(=O)[C@H](Cc1ccccc1)NC(=O)[C@H](Cc1ccc(OC(C)(C)C)cc1)NC(=O)[C@H](C)NC(=O)OCc1ccccc1. The Morgan fingerprint density at radius 2 is 1.20 bits per heavy atom. The molecule has 3 amide bonds. The molecule has 0 aromatic heterocycles. The van der Waals surface area contributed by atoms with Crippen molar-refractivity contribution in [3.63, 3.8) is 0 Å². The number of ether oxygens (including phenoxy) is 3. The molecule has 0 bridgehead atoms. The van der Waals surface area contributed by atoms with Gasteiger partial charge in [-0.05, 0) is 56.5 Å². The van der Waals surface area contributed by atoms with E-state index < -0.39 is 42.0 Å². The van der Waals surface area contributed by atoms with Gasteiger partial charge in [0.25, 0.3) is 0 Å². The maximum absolute atomic E-state index is 13.6. The molecule has 10 nitrogen and oxygen atoms in total. The van der Waals surface area contributed by atoms with Crippen molar-refractivity contribution < 1.29 is 33.4 Å². The first kappa shape index (κ1) is 33.6. The Balaban J connectivity index is 1.73. The molecule has 0 radical (unpaired) electrons. The fraction of sp³-hybridized carbons (Fsp3) is 0.353. The first-order chi connectivity index (χ1) is 20.9. The van der Waals surface area contributed by atoms with Gasteiger partial charge in [-0.1, -0.05) is 72.8 Å². The number of benzene rings is 3. The number of carbonyl (C=O) groups excluding carboxylic acids is 4. The number of esters is 1. The van der Waals surface area contributed by atoms with E-state index in [-0.39, 0.29) is 25.0 Å². The number of hydrogen-bond acceptors (Lipinski definition) is 7. The van der Waals surface area contributed by atoms with E-state index in [4.69, 9.17) is 14.2 Å². The highest BCUT2D eigenvalue weighted by Gasteiger charge is 2.29. The van der Waals surface area contributed by atoms with E-state index in [0.29, 0.717) is 5.75 Å². The number of hydrogen-bond donors (Lipinski definition) is 3. The van der Waals surface area contributed by atoms with Crippen LogP contribution in [0.2, 0.25) is 0 Å². The maximum Gasteiger partial charge on any atom is 0.408 e. The van der Waals surface area contributed by atoms with Crippen molar-refractivity contribution in [2.45, 2.75) is 70.9 Å². The summed E-state index contributed by atoms with van der Waals surface area (Å²) in [4.78, 5) is 51.7. The second-order valence-electron chi connectivity index (χ2n) is 11.3. The van der Waals surface area contributed by atoms with E-state index in [1.165, 1.54) is 14.0 Å². The third-order valence-electron chi connectivity index (χ3n) is 6.45. The number of amides is 3. The van der Waals surface area contributed by atoms with E-state index in [1.54, 1.807) is 24.3 Å². The summed E-state index contributed by atoms with van der Waals surface area (Å²) >= 11 is 0. The van der Waals surface area contributed by atoms with E-state index in [2.05, 4.69) is 16.0 Å². The molecule has 0 aliphatic carbocycles. The van der Waals surface area contributed by atoms with Gasteiger partial charge in [-0.2, -0.15) is 0 Å². The van der Waals surface area contributed by atoms with Crippen molar-refractivity contribution in [3.8, 4) is 5.75 Å². The summed E-state index contributed by atoms with van der Waals surface area (Å²) in [5.74, 6) is -1.15. The van der Waals surface area contributed by atoms with E-state index in [9.17, 15) is 19.2 Å². The number of nitrogens with one attached hydrogen (secondary N) is 3. The number of carbonyl (C=O) groups is 4. The van der Waals surface area contributed by atoms with Crippen LogP contribution in [0.15, 0.2) is 84.9 Å². The molecule has 0 saturated heterocycles. The monoisotopic (exact) mass is 603 g/mol. The lowest BCUT2D eigenvalue weighted by atomic mass is 10.0. The molecular formula is C34H41N3O7. The number of rotatable bonds is 13. The third-order valence-corrected chi connectivity index (χ3v) is 6.45. The lowest BCUT2D eigenvalue weighted by molar-refractivity contribution is -0.145. The van der Waals surface area contributed by atoms with E-state index >= 15 is 0 Å². The predicted octanol–water partition coefficient (Wildman–Crippen LogP) is 4.11. The summed E-state index contributed by atoms with van der Waals surface area (Å²) < 4.78 is 16.0. The predicted molar refractivity (Wildman–Crippen MR) is 166 cm³/mol. The second kappa shape index (κ2) is 16.1. The molecular weight excluding hydrogens is 562 g/mol. The maximum atomic E-state index is 13.6. The third kappa shape index (κ3) is 11.4. The summed E-state index contributed by atoms with van der Waals surface area (Å²) in [7, 11) is 1.25. The highest BCUT2D eigenvalue weighted by Crippen LogP contribution is 2.19. The van der Waals surface area contributed by atoms with Crippen molar-refractivity contribution in [2.75, 3.05) is 7.11 Å². The van der Waals surface area contributed by atoms with Crippen LogP contribution in [0.4, 0.5) is 4.79 Å². The van der Waals surface area contributed by atoms with Crippen molar-refractivity contribution in [1.82, 2.24) is 16.0 Å². The van der Waals surface area contributed by atoms with Crippen LogP contribution in [0.5, 0.6) is 5.75 Å². The molecule has 3 N–H and O–H groups in total. The molecule has 0 aliphatic heterocycles. The first-order valence-electron chi connectivity index (χ1n) is 14.4. The minimum atomic E-state index is -1.08. The molecule has 0 saturated carbocycles. The van der Waals surface area contributed by atoms with Crippen molar-refractivity contribution >= 4 is 23.9 Å². The van der Waals surface area contributed by atoms with Gasteiger partial charge in [0.2, 0.25) is 11.8 Å². The molecule has 3 aromatic carbocycles. The largest absolute Gasteiger partial charge is 0.488 e. The molecule has 3 rings (SSSR count). The number of methoxy groups -OCH3 is 1. The number of alkyl carbamates (subject to hydrolysis) is 1. The van der Waals surface area contributed by atoms with Crippen LogP contribution in [-0.2, 0) is 43.3 Å². The fourth-order valence-corrected chi connectivity index (χ4v) is 4.25. The Kier molecular flexibility index (Phi) is 12.3. The van der Waals surface area contributed by atoms with Gasteiger partial charge in [0.1, 0.15) is 36.1 Å². The summed E-state index contributed by atoms with van der Waals surface area (Å²) in [6.07, 6.45) is -0.470. The summed E-state index contributed by atoms with van der Waals surface area (Å²) in [6.45, 7) is 7.35. The fourth-order valence-electron chi connectivity index (χ4n) is 4.25. The van der Waals surface area contributed by atoms with Gasteiger partial charge >= 0.3 is 12.1 Å². The standard InChI is InChI=1S/C34H41N3O7/c1-23(35-33(41)43-22-26-14-10-7-11-15-26)30(38)36-28(20-25-16-18-27(19-17-25)44-34(2,3)4)31(39)37-29(32(40)42-5)21-24-12-8-6-9-13-24/h6-19,23,28-29H,20-22H2,1-5H3,(H,35,41)(H,36,38)(H,37,39)/t23-,28-,29-/m0/s1. The highest BCUT2D eigenvalue weighted by molar-refractivity contribution is 5.93. The van der Waals surface area contributed by atoms with E-state index in [0.717, 1.165) is 16.7 Å². The van der Waals surface area contributed by atoms with Gasteiger partial charge in [0.15, 0.2) is 0 Å². The Labute approximate surface area is 258 Å². The van der Waals surface area contributed by atoms with Gasteiger partial charge in [0.05, 0.1) is 7.11 Å². The van der Waals surface area contributed by atoms with Crippen LogP contribution in [0.1, 0.15) is 44.4 Å². The lowest BCUT2D eigenvalue weighted by Crippen LogP contribution is -2.56. The van der Waals surface area contributed by atoms with Crippen molar-refractivity contribution in [3.05, 3.63) is 102 Å². The van der Waals surface area contributed by atoms with E-state index in [1.807, 2.05) is 81.4 Å². The van der Waals surface area contributed by atoms with Crippen LogP contribution >= 0.6 is 0 Å². The van der Waals surface area contributed by atoms with Crippen LogP contribution in [0.25, 0.3) is 0 Å². The summed E-state index contributed by atoms with van der Waals surface area (Å²) in [6, 6.07) is 22.4. The molecule has 3 aromatic rings. The average Bonchev–Trinajstić information content (AvgIpc) is 3.00. The Morgan fingerprint density at radius 3 is 1.77 bits per heavy atom. The van der Waals surface area contributed by atoms with Gasteiger partial charge in [-0.3, -0.25) is 9.59 Å². The second-order valence-corrected chi connectivity index (χ2v) is 11.3. The van der Waals surface area contributed by atoms with Crippen LogP contribution in [0, 0.1) is 0 Å². The first-order valence-corrected chi connectivity index (χ1v) is 14.4. The molecule has 44 heavy (non-hydrogen) atoms. The minimum Gasteiger partial charge on any atom is -0.488 e. The Bertz CT molecular complexity index is 1370. The molecule has 0 fully saturated rings. The molecule has 234 valence electrons. The Hall–Kier alpha value is -4.86. The zero-order valence-electron chi connectivity index (χ0n) is 25.8. The van der Waals surface area contributed by atoms with Crippen LogP contribution < -0.4 is 20.7 Å². The molecule has 10 heteroatoms. The quantitative estimate of drug-likeness (QED) is 0.251. The Morgan fingerprint density at radius 1 is 0.682 bits per heavy atom. The lowest BCUT2D eigenvalue weighted by Gasteiger charge is -2.24. The summed E-state index contributed by atoms with van der Waals surface area (Å²) in [5.41, 5.74) is 1.98. The van der Waals surface area contributed by atoms with Gasteiger partial charge in [-0.15, -0.1) is 0 Å². The van der Waals surface area contributed by atoms with Gasteiger partial charge < -0.3 is 30.2 Å². The normalized spacial score (nSPS) is 13.0. The smallest absolute Gasteiger partial charge is 0.408 e. The van der Waals surface area contributed by atoms with Crippen LogP contribution in [0.3, 0.4) is 0 Å². The molecule has 0 aliphatic rings. The average molecular weight is 604 g/mol. The van der Waals surface area contributed by atoms with Crippen molar-refractivity contribution in [2.24, 2.45) is 0 Å². The topological polar surface area (TPSA) is 132 Å². The van der Waals surface area contributed by atoms with Crippen LogP contribution in [-0.4, -0.2) is 54.7 Å². The van der Waals surface area contributed by atoms with Gasteiger partial charge in [-0.25, -0.2) is 9.59 Å². The minimum absolute atomic E-state index is 0.0390. The zero-order valence-corrected chi connectivity index (χ0v) is 25.8. The van der Waals surface area contributed by atoms with Crippen molar-refractivity contribution in [1.29, 1.82) is 0 Å². The molecule has 0 spiro atoms. The highest BCUT2D eigenvalue weighted by atomic mass is 16.5. The zero-order chi connectivity index (χ0) is 32.1. The molecule has 0 unspecified atom stereocenters. The summed E-state index contributed by atoms with van der Waals surface area (Å²) in [5, 5.41) is 7.95. The van der Waals surface area contributed by atoms with Gasteiger partial charge in [0, 0.05) is 12.8 Å². The molecule has 3 atom stereocenters. The molecule has 0 heterocycles.